The van der Waals surface area contributed by atoms with E-state index in [1.807, 2.05) is 0 Å². The van der Waals surface area contributed by atoms with Crippen LogP contribution in [0.2, 0.25) is 0 Å². The molecule has 0 radical (unpaired) electrons. The average Bonchev–Trinajstić information content (AvgIpc) is 1.84. The molecule has 0 heterocycles. The second kappa shape index (κ2) is 3.48. The van der Waals surface area contributed by atoms with E-state index in [9.17, 15) is 9.59 Å². The standard InChI is InChI=1S/C7H12O4/c1-5(8)4-11-7(2,3)6(9)10/h4H2,1-3H3,(H,9,10). The van der Waals surface area contributed by atoms with E-state index in [-0.39, 0.29) is 12.4 Å². The molecule has 0 unspecified atom stereocenters. The maximum Gasteiger partial charge on any atom is 0.335 e. The maximum absolute atomic E-state index is 10.4. The van der Waals surface area contributed by atoms with E-state index in [0.717, 1.165) is 0 Å². The first kappa shape index (κ1) is 10.1. The first-order valence-electron chi connectivity index (χ1n) is 3.23. The zero-order valence-electron chi connectivity index (χ0n) is 6.88. The third kappa shape index (κ3) is 3.72. The van der Waals surface area contributed by atoms with Gasteiger partial charge in [0.25, 0.3) is 0 Å². The molecule has 0 atom stereocenters. The van der Waals surface area contributed by atoms with Gasteiger partial charge in [-0.05, 0) is 20.8 Å². The van der Waals surface area contributed by atoms with Crippen LogP contribution in [0.25, 0.3) is 0 Å². The number of carboxylic acids is 1. The molecule has 11 heavy (non-hydrogen) atoms. The van der Waals surface area contributed by atoms with Gasteiger partial charge < -0.3 is 9.84 Å². The van der Waals surface area contributed by atoms with Crippen molar-refractivity contribution in [1.82, 2.24) is 0 Å². The van der Waals surface area contributed by atoms with Crippen LogP contribution in [0.4, 0.5) is 0 Å². The van der Waals surface area contributed by atoms with Gasteiger partial charge in [-0.15, -0.1) is 0 Å². The molecule has 0 rings (SSSR count). The summed E-state index contributed by atoms with van der Waals surface area (Å²) in [5.41, 5.74) is -1.27. The van der Waals surface area contributed by atoms with E-state index >= 15 is 0 Å². The van der Waals surface area contributed by atoms with Gasteiger partial charge in [0.2, 0.25) is 0 Å². The molecule has 0 spiro atoms. The van der Waals surface area contributed by atoms with E-state index in [0.29, 0.717) is 0 Å². The predicted molar refractivity (Wildman–Crippen MR) is 38.3 cm³/mol. The van der Waals surface area contributed by atoms with Gasteiger partial charge in [0, 0.05) is 0 Å². The summed E-state index contributed by atoms with van der Waals surface area (Å²) < 4.78 is 4.80. The lowest BCUT2D eigenvalue weighted by atomic mass is 10.1. The molecule has 0 aliphatic carbocycles. The third-order valence-electron chi connectivity index (χ3n) is 1.15. The molecule has 0 aromatic carbocycles. The van der Waals surface area contributed by atoms with E-state index in [2.05, 4.69) is 0 Å². The highest BCUT2D eigenvalue weighted by molar-refractivity contribution is 5.79. The van der Waals surface area contributed by atoms with Gasteiger partial charge in [0.1, 0.15) is 6.61 Å². The van der Waals surface area contributed by atoms with Crippen molar-refractivity contribution in [3.05, 3.63) is 0 Å². The summed E-state index contributed by atoms with van der Waals surface area (Å²) in [6.07, 6.45) is 0. The van der Waals surface area contributed by atoms with Crippen molar-refractivity contribution < 1.29 is 19.4 Å². The van der Waals surface area contributed by atoms with Crippen LogP contribution in [-0.2, 0) is 14.3 Å². The van der Waals surface area contributed by atoms with Crippen molar-refractivity contribution in [1.29, 1.82) is 0 Å². The Hall–Kier alpha value is -0.900. The Morgan fingerprint density at radius 3 is 2.18 bits per heavy atom. The number of ether oxygens (including phenoxy) is 1. The number of rotatable bonds is 4. The van der Waals surface area contributed by atoms with Crippen molar-refractivity contribution in [2.45, 2.75) is 26.4 Å². The fourth-order valence-corrected chi connectivity index (χ4v) is 0.344. The van der Waals surface area contributed by atoms with Gasteiger partial charge in [-0.1, -0.05) is 0 Å². The van der Waals surface area contributed by atoms with E-state index in [1.54, 1.807) is 0 Å². The second-order valence-corrected chi connectivity index (χ2v) is 2.81. The van der Waals surface area contributed by atoms with Gasteiger partial charge >= 0.3 is 5.97 Å². The Balaban J connectivity index is 3.92. The minimum atomic E-state index is -1.27. The second-order valence-electron chi connectivity index (χ2n) is 2.81. The summed E-state index contributed by atoms with van der Waals surface area (Å²) in [6.45, 7) is 3.99. The highest BCUT2D eigenvalue weighted by atomic mass is 16.5. The van der Waals surface area contributed by atoms with E-state index < -0.39 is 11.6 Å². The monoisotopic (exact) mass is 160 g/mol. The normalized spacial score (nSPS) is 11.2. The minimum Gasteiger partial charge on any atom is -0.479 e. The molecule has 0 aromatic heterocycles. The lowest BCUT2D eigenvalue weighted by Crippen LogP contribution is -2.36. The number of aliphatic carboxylic acids is 1. The largest absolute Gasteiger partial charge is 0.479 e. The quantitative estimate of drug-likeness (QED) is 0.648. The first-order valence-corrected chi connectivity index (χ1v) is 3.23. The SMILES string of the molecule is CC(=O)COC(C)(C)C(=O)O. The van der Waals surface area contributed by atoms with Crippen LogP contribution < -0.4 is 0 Å². The van der Waals surface area contributed by atoms with Gasteiger partial charge in [-0.3, -0.25) is 4.79 Å². The molecule has 0 aromatic rings. The topological polar surface area (TPSA) is 63.6 Å². The fraction of sp³-hybridized carbons (Fsp3) is 0.714. The molecule has 0 aliphatic rings. The van der Waals surface area contributed by atoms with Gasteiger partial charge in [-0.2, -0.15) is 0 Å². The maximum atomic E-state index is 10.4. The third-order valence-corrected chi connectivity index (χ3v) is 1.15. The Labute approximate surface area is 65.2 Å². The molecular weight excluding hydrogens is 148 g/mol. The molecule has 0 aliphatic heterocycles. The number of hydrogen-bond acceptors (Lipinski definition) is 3. The van der Waals surface area contributed by atoms with Crippen molar-refractivity contribution in [2.75, 3.05) is 6.61 Å². The Kier molecular flexibility index (Phi) is 3.19. The molecule has 4 nitrogen and oxygen atoms in total. The summed E-state index contributed by atoms with van der Waals surface area (Å²) in [4.78, 5) is 20.8. The van der Waals surface area contributed by atoms with E-state index in [1.165, 1.54) is 20.8 Å². The van der Waals surface area contributed by atoms with Crippen LogP contribution in [0.1, 0.15) is 20.8 Å². The van der Waals surface area contributed by atoms with Crippen molar-refractivity contribution in [3.8, 4) is 0 Å². The number of carbonyl (C=O) groups excluding carboxylic acids is 1. The zero-order chi connectivity index (χ0) is 9.07. The van der Waals surface area contributed by atoms with Gasteiger partial charge in [-0.25, -0.2) is 4.79 Å². The van der Waals surface area contributed by atoms with Crippen LogP contribution >= 0.6 is 0 Å². The molecule has 64 valence electrons. The minimum absolute atomic E-state index is 0.153. The fourth-order valence-electron chi connectivity index (χ4n) is 0.344. The van der Waals surface area contributed by atoms with Crippen LogP contribution in [0.5, 0.6) is 0 Å². The van der Waals surface area contributed by atoms with Crippen LogP contribution in [0, 0.1) is 0 Å². The number of carboxylic acid groups (broad SMARTS) is 1. The van der Waals surface area contributed by atoms with Crippen LogP contribution in [0.3, 0.4) is 0 Å². The Morgan fingerprint density at radius 1 is 1.45 bits per heavy atom. The van der Waals surface area contributed by atoms with Crippen molar-refractivity contribution in [2.24, 2.45) is 0 Å². The molecule has 1 N–H and O–H groups in total. The summed E-state index contributed by atoms with van der Waals surface area (Å²) >= 11 is 0. The van der Waals surface area contributed by atoms with Crippen LogP contribution in [0.15, 0.2) is 0 Å². The molecule has 0 saturated carbocycles. The lowest BCUT2D eigenvalue weighted by Gasteiger charge is -2.18. The molecule has 0 amide bonds. The zero-order valence-corrected chi connectivity index (χ0v) is 6.88. The number of carbonyl (C=O) groups is 2. The highest BCUT2D eigenvalue weighted by Crippen LogP contribution is 2.08. The average molecular weight is 160 g/mol. The molecule has 4 heteroatoms. The lowest BCUT2D eigenvalue weighted by molar-refractivity contribution is -0.162. The van der Waals surface area contributed by atoms with Gasteiger partial charge in [0.05, 0.1) is 0 Å². The van der Waals surface area contributed by atoms with E-state index in [4.69, 9.17) is 9.84 Å². The highest BCUT2D eigenvalue weighted by Gasteiger charge is 2.27. The summed E-state index contributed by atoms with van der Waals surface area (Å²) in [7, 11) is 0. The Morgan fingerprint density at radius 2 is 1.91 bits per heavy atom. The first-order chi connectivity index (χ1) is 4.86. The van der Waals surface area contributed by atoms with Crippen molar-refractivity contribution >= 4 is 11.8 Å². The number of ketones is 1. The number of Topliss-reactive ketones (excluding diaryl/α,β-unsaturated/α-hetero) is 1. The predicted octanol–water partition coefficient (Wildman–Crippen LogP) is 0.455. The summed E-state index contributed by atoms with van der Waals surface area (Å²) in [5, 5.41) is 8.52. The summed E-state index contributed by atoms with van der Waals surface area (Å²) in [5.74, 6) is -1.25. The number of hydrogen-bond donors (Lipinski definition) is 1. The van der Waals surface area contributed by atoms with Crippen molar-refractivity contribution in [3.63, 3.8) is 0 Å². The smallest absolute Gasteiger partial charge is 0.335 e. The molecule has 0 bridgehead atoms. The summed E-state index contributed by atoms with van der Waals surface area (Å²) in [6, 6.07) is 0. The molecule has 0 saturated heterocycles. The van der Waals surface area contributed by atoms with Crippen LogP contribution in [-0.4, -0.2) is 29.1 Å². The van der Waals surface area contributed by atoms with Gasteiger partial charge in [0.15, 0.2) is 11.4 Å². The molecular formula is C7H12O4. The molecule has 0 fully saturated rings. The Bertz CT molecular complexity index is 171.